The van der Waals surface area contributed by atoms with Gasteiger partial charge in [-0.1, -0.05) is 12.8 Å². The number of carbonyl (C=O) groups is 1. The van der Waals surface area contributed by atoms with Gasteiger partial charge in [-0.3, -0.25) is 0 Å². The van der Waals surface area contributed by atoms with Gasteiger partial charge in [-0.15, -0.1) is 0 Å². The minimum Gasteiger partial charge on any atom is -0.465 e. The van der Waals surface area contributed by atoms with Gasteiger partial charge in [-0.05, 0) is 38.0 Å². The van der Waals surface area contributed by atoms with Crippen molar-refractivity contribution in [2.45, 2.75) is 38.1 Å². The van der Waals surface area contributed by atoms with E-state index >= 15 is 0 Å². The summed E-state index contributed by atoms with van der Waals surface area (Å²) < 4.78 is 4.79. The highest BCUT2D eigenvalue weighted by molar-refractivity contribution is 5.96. The molecule has 0 unspecified atom stereocenters. The second-order valence-electron chi connectivity index (χ2n) is 5.19. The number of anilines is 2. The molecule has 3 N–H and O–H groups in total. The zero-order valence-electron chi connectivity index (χ0n) is 11.0. The summed E-state index contributed by atoms with van der Waals surface area (Å²) >= 11 is 0. The van der Waals surface area contributed by atoms with Gasteiger partial charge < -0.3 is 15.8 Å². The Labute approximate surface area is 108 Å². The van der Waals surface area contributed by atoms with Gasteiger partial charge in [0.25, 0.3) is 0 Å². The predicted octanol–water partition coefficient (Wildman–Crippen LogP) is 2.80. The number of ether oxygens (including phenoxy) is 1. The van der Waals surface area contributed by atoms with Crippen LogP contribution in [0.1, 0.15) is 43.0 Å². The van der Waals surface area contributed by atoms with Crippen molar-refractivity contribution in [1.29, 1.82) is 0 Å². The topological polar surface area (TPSA) is 64.3 Å². The summed E-state index contributed by atoms with van der Waals surface area (Å²) in [7, 11) is 1.38. The van der Waals surface area contributed by atoms with Crippen LogP contribution in [-0.2, 0) is 4.74 Å². The van der Waals surface area contributed by atoms with E-state index in [1.54, 1.807) is 12.1 Å². The molecule has 1 aliphatic carbocycles. The standard InChI is InChI=1S/C14H20N2O2/c1-14(7-3-4-8-14)16-12-6-5-10(15)9-11(12)13(17)18-2/h5-6,9,16H,3-4,7-8,15H2,1-2H3. The van der Waals surface area contributed by atoms with Gasteiger partial charge in [0.1, 0.15) is 0 Å². The first kappa shape index (κ1) is 12.7. The normalized spacial score (nSPS) is 17.4. The Morgan fingerprint density at radius 2 is 2.06 bits per heavy atom. The number of rotatable bonds is 3. The van der Waals surface area contributed by atoms with Crippen LogP contribution in [0.2, 0.25) is 0 Å². The molecule has 2 rings (SSSR count). The number of nitrogens with one attached hydrogen (secondary N) is 1. The molecule has 0 bridgehead atoms. The molecule has 0 heterocycles. The van der Waals surface area contributed by atoms with E-state index in [4.69, 9.17) is 10.5 Å². The number of carbonyl (C=O) groups excluding carboxylic acids is 1. The number of hydrogen-bond acceptors (Lipinski definition) is 4. The molecule has 98 valence electrons. The van der Waals surface area contributed by atoms with Gasteiger partial charge >= 0.3 is 5.97 Å². The van der Waals surface area contributed by atoms with E-state index in [1.807, 2.05) is 6.07 Å². The van der Waals surface area contributed by atoms with Crippen LogP contribution in [0.4, 0.5) is 11.4 Å². The van der Waals surface area contributed by atoms with Crippen LogP contribution in [0.3, 0.4) is 0 Å². The van der Waals surface area contributed by atoms with Crippen LogP contribution >= 0.6 is 0 Å². The van der Waals surface area contributed by atoms with Crippen molar-refractivity contribution in [2.75, 3.05) is 18.2 Å². The summed E-state index contributed by atoms with van der Waals surface area (Å²) in [6, 6.07) is 5.31. The smallest absolute Gasteiger partial charge is 0.340 e. The first-order chi connectivity index (χ1) is 8.54. The Morgan fingerprint density at radius 3 is 2.67 bits per heavy atom. The van der Waals surface area contributed by atoms with Crippen LogP contribution in [0.5, 0.6) is 0 Å². The molecule has 1 aromatic carbocycles. The second-order valence-corrected chi connectivity index (χ2v) is 5.19. The number of nitrogen functional groups attached to an aromatic ring is 1. The summed E-state index contributed by atoms with van der Waals surface area (Å²) in [6.07, 6.45) is 4.70. The molecule has 0 amide bonds. The molecule has 18 heavy (non-hydrogen) atoms. The number of esters is 1. The Morgan fingerprint density at radius 1 is 1.39 bits per heavy atom. The highest BCUT2D eigenvalue weighted by Crippen LogP contribution is 2.34. The molecule has 1 saturated carbocycles. The van der Waals surface area contributed by atoms with Crippen LogP contribution in [0.15, 0.2) is 18.2 Å². The summed E-state index contributed by atoms with van der Waals surface area (Å²) in [4.78, 5) is 11.7. The van der Waals surface area contributed by atoms with Gasteiger partial charge in [-0.25, -0.2) is 4.79 Å². The molecular formula is C14H20N2O2. The average Bonchev–Trinajstić information content (AvgIpc) is 2.77. The third-order valence-corrected chi connectivity index (χ3v) is 3.59. The SMILES string of the molecule is COC(=O)c1cc(N)ccc1NC1(C)CCCC1. The fourth-order valence-electron chi connectivity index (χ4n) is 2.56. The molecule has 1 aromatic rings. The van der Waals surface area contributed by atoms with Crippen LogP contribution in [0.25, 0.3) is 0 Å². The maximum Gasteiger partial charge on any atom is 0.340 e. The molecule has 0 saturated heterocycles. The molecular weight excluding hydrogens is 228 g/mol. The Hall–Kier alpha value is -1.71. The average molecular weight is 248 g/mol. The number of hydrogen-bond donors (Lipinski definition) is 2. The Bertz CT molecular complexity index is 451. The monoisotopic (exact) mass is 248 g/mol. The Balaban J connectivity index is 2.29. The second kappa shape index (κ2) is 4.88. The third-order valence-electron chi connectivity index (χ3n) is 3.59. The van der Waals surface area contributed by atoms with Gasteiger partial charge in [0.2, 0.25) is 0 Å². The zero-order chi connectivity index (χ0) is 13.2. The van der Waals surface area contributed by atoms with Crippen LogP contribution < -0.4 is 11.1 Å². The largest absolute Gasteiger partial charge is 0.465 e. The molecule has 0 aliphatic heterocycles. The van der Waals surface area contributed by atoms with Gasteiger partial charge in [0.05, 0.1) is 12.7 Å². The van der Waals surface area contributed by atoms with Crippen LogP contribution in [-0.4, -0.2) is 18.6 Å². The molecule has 0 spiro atoms. The van der Waals surface area contributed by atoms with E-state index in [1.165, 1.54) is 20.0 Å². The van der Waals surface area contributed by atoms with E-state index in [0.29, 0.717) is 11.3 Å². The third kappa shape index (κ3) is 2.58. The lowest BCUT2D eigenvalue weighted by Gasteiger charge is -2.27. The van der Waals surface area contributed by atoms with E-state index in [2.05, 4.69) is 12.2 Å². The number of methoxy groups -OCH3 is 1. The molecule has 0 radical (unpaired) electrons. The maximum atomic E-state index is 11.7. The molecule has 0 aromatic heterocycles. The quantitative estimate of drug-likeness (QED) is 0.637. The van der Waals surface area contributed by atoms with Crippen molar-refractivity contribution in [3.63, 3.8) is 0 Å². The van der Waals surface area contributed by atoms with E-state index in [0.717, 1.165) is 18.5 Å². The molecule has 4 heteroatoms. The van der Waals surface area contributed by atoms with E-state index in [9.17, 15) is 4.79 Å². The molecule has 4 nitrogen and oxygen atoms in total. The lowest BCUT2D eigenvalue weighted by atomic mass is 9.99. The fraction of sp³-hybridized carbons (Fsp3) is 0.500. The van der Waals surface area contributed by atoms with Crippen molar-refractivity contribution >= 4 is 17.3 Å². The number of nitrogens with two attached hydrogens (primary N) is 1. The minimum atomic E-state index is -0.355. The minimum absolute atomic E-state index is 0.0683. The first-order valence-corrected chi connectivity index (χ1v) is 6.30. The lowest BCUT2D eigenvalue weighted by molar-refractivity contribution is 0.0602. The molecule has 0 atom stereocenters. The molecule has 1 aliphatic rings. The van der Waals surface area contributed by atoms with E-state index < -0.39 is 0 Å². The predicted molar refractivity (Wildman–Crippen MR) is 72.7 cm³/mol. The maximum absolute atomic E-state index is 11.7. The van der Waals surface area contributed by atoms with E-state index in [-0.39, 0.29) is 11.5 Å². The van der Waals surface area contributed by atoms with Crippen molar-refractivity contribution in [3.05, 3.63) is 23.8 Å². The summed E-state index contributed by atoms with van der Waals surface area (Å²) in [5.41, 5.74) is 7.67. The summed E-state index contributed by atoms with van der Waals surface area (Å²) in [5.74, 6) is -0.355. The Kier molecular flexibility index (Phi) is 3.45. The first-order valence-electron chi connectivity index (χ1n) is 6.30. The van der Waals surface area contributed by atoms with Crippen LogP contribution in [0, 0.1) is 0 Å². The van der Waals surface area contributed by atoms with Crippen molar-refractivity contribution in [2.24, 2.45) is 0 Å². The highest BCUT2D eigenvalue weighted by Gasteiger charge is 2.29. The van der Waals surface area contributed by atoms with Gasteiger partial charge in [-0.2, -0.15) is 0 Å². The summed E-state index contributed by atoms with van der Waals surface area (Å²) in [6.45, 7) is 2.19. The summed E-state index contributed by atoms with van der Waals surface area (Å²) in [5, 5.41) is 3.47. The van der Waals surface area contributed by atoms with Crippen molar-refractivity contribution in [1.82, 2.24) is 0 Å². The number of benzene rings is 1. The molecule has 1 fully saturated rings. The zero-order valence-corrected chi connectivity index (χ0v) is 11.0. The van der Waals surface area contributed by atoms with Gasteiger partial charge in [0.15, 0.2) is 0 Å². The van der Waals surface area contributed by atoms with Gasteiger partial charge in [0, 0.05) is 16.9 Å². The highest BCUT2D eigenvalue weighted by atomic mass is 16.5. The fourth-order valence-corrected chi connectivity index (χ4v) is 2.56. The lowest BCUT2D eigenvalue weighted by Crippen LogP contribution is -2.31. The van der Waals surface area contributed by atoms with Crippen molar-refractivity contribution < 1.29 is 9.53 Å². The van der Waals surface area contributed by atoms with Crippen molar-refractivity contribution in [3.8, 4) is 0 Å².